The Morgan fingerprint density at radius 1 is 1.31 bits per heavy atom. The van der Waals surface area contributed by atoms with Crippen LogP contribution < -0.4 is 5.32 Å². The third-order valence-electron chi connectivity index (χ3n) is 2.00. The van der Waals surface area contributed by atoms with Crippen molar-refractivity contribution in [1.29, 1.82) is 0 Å². The van der Waals surface area contributed by atoms with Gasteiger partial charge in [-0.3, -0.25) is 0 Å². The summed E-state index contributed by atoms with van der Waals surface area (Å²) >= 11 is 0. The second kappa shape index (κ2) is 5.58. The molecule has 3 nitrogen and oxygen atoms in total. The molecule has 0 rings (SSSR count). The lowest BCUT2D eigenvalue weighted by Crippen LogP contribution is -2.44. The van der Waals surface area contributed by atoms with E-state index < -0.39 is 5.60 Å². The van der Waals surface area contributed by atoms with Crippen molar-refractivity contribution in [3.8, 4) is 0 Å². The van der Waals surface area contributed by atoms with Crippen LogP contribution in [-0.4, -0.2) is 35.0 Å². The van der Waals surface area contributed by atoms with E-state index in [0.717, 1.165) is 6.42 Å². The van der Waals surface area contributed by atoms with Gasteiger partial charge in [0.15, 0.2) is 0 Å². The van der Waals surface area contributed by atoms with Crippen LogP contribution in [0.2, 0.25) is 0 Å². The van der Waals surface area contributed by atoms with E-state index in [-0.39, 0.29) is 6.61 Å². The Hall–Kier alpha value is -0.120. The zero-order valence-corrected chi connectivity index (χ0v) is 9.17. The Balaban J connectivity index is 3.63. The van der Waals surface area contributed by atoms with Gasteiger partial charge in [-0.05, 0) is 26.2 Å². The first kappa shape index (κ1) is 12.9. The maximum Gasteiger partial charge on any atom is 0.0972 e. The van der Waals surface area contributed by atoms with E-state index in [2.05, 4.69) is 26.1 Å². The van der Waals surface area contributed by atoms with Crippen molar-refractivity contribution in [2.45, 2.75) is 45.8 Å². The van der Waals surface area contributed by atoms with E-state index >= 15 is 0 Å². The summed E-state index contributed by atoms with van der Waals surface area (Å²) in [5.74, 6) is 0.654. The highest BCUT2D eigenvalue weighted by Gasteiger charge is 2.19. The van der Waals surface area contributed by atoms with E-state index in [0.29, 0.717) is 18.5 Å². The second-order valence-electron chi connectivity index (χ2n) is 4.57. The van der Waals surface area contributed by atoms with Gasteiger partial charge in [-0.1, -0.05) is 13.8 Å². The van der Waals surface area contributed by atoms with Gasteiger partial charge < -0.3 is 15.5 Å². The summed E-state index contributed by atoms with van der Waals surface area (Å²) in [6.45, 7) is 8.30. The van der Waals surface area contributed by atoms with Crippen LogP contribution in [0.1, 0.15) is 34.1 Å². The van der Waals surface area contributed by atoms with Crippen molar-refractivity contribution in [3.05, 3.63) is 0 Å². The van der Waals surface area contributed by atoms with Gasteiger partial charge in [0.1, 0.15) is 0 Å². The van der Waals surface area contributed by atoms with Crippen LogP contribution in [-0.2, 0) is 0 Å². The smallest absolute Gasteiger partial charge is 0.0972 e. The van der Waals surface area contributed by atoms with Gasteiger partial charge in [-0.15, -0.1) is 0 Å². The molecule has 3 heteroatoms. The maximum absolute atomic E-state index is 9.49. The fourth-order valence-corrected chi connectivity index (χ4v) is 1.24. The summed E-state index contributed by atoms with van der Waals surface area (Å²) in [7, 11) is 0. The molecular weight excluding hydrogens is 166 g/mol. The number of aliphatic hydroxyl groups is 2. The first-order chi connectivity index (χ1) is 5.87. The molecule has 2 unspecified atom stereocenters. The van der Waals surface area contributed by atoms with Crippen LogP contribution >= 0.6 is 0 Å². The molecular formula is C10H23NO2. The highest BCUT2D eigenvalue weighted by molar-refractivity contribution is 4.76. The Bertz CT molecular complexity index is 135. The van der Waals surface area contributed by atoms with Crippen molar-refractivity contribution >= 4 is 0 Å². The molecule has 0 radical (unpaired) electrons. The van der Waals surface area contributed by atoms with E-state index in [1.54, 1.807) is 6.92 Å². The van der Waals surface area contributed by atoms with E-state index in [4.69, 9.17) is 5.11 Å². The zero-order valence-electron chi connectivity index (χ0n) is 9.17. The van der Waals surface area contributed by atoms with Gasteiger partial charge in [0, 0.05) is 12.6 Å². The van der Waals surface area contributed by atoms with Crippen molar-refractivity contribution in [1.82, 2.24) is 5.32 Å². The third kappa shape index (κ3) is 6.99. The molecule has 0 aliphatic heterocycles. The van der Waals surface area contributed by atoms with Crippen LogP contribution in [0.4, 0.5) is 0 Å². The van der Waals surface area contributed by atoms with Gasteiger partial charge in [0.25, 0.3) is 0 Å². The first-order valence-corrected chi connectivity index (χ1v) is 4.94. The molecule has 0 aromatic carbocycles. The van der Waals surface area contributed by atoms with Crippen LogP contribution in [0, 0.1) is 5.92 Å². The van der Waals surface area contributed by atoms with Crippen molar-refractivity contribution in [2.75, 3.05) is 13.2 Å². The van der Waals surface area contributed by atoms with Gasteiger partial charge in [-0.2, -0.15) is 0 Å². The Labute approximate surface area is 81.2 Å². The van der Waals surface area contributed by atoms with Crippen molar-refractivity contribution < 1.29 is 10.2 Å². The highest BCUT2D eigenvalue weighted by Crippen LogP contribution is 2.05. The number of rotatable bonds is 6. The highest BCUT2D eigenvalue weighted by atomic mass is 16.3. The van der Waals surface area contributed by atoms with Gasteiger partial charge in [-0.25, -0.2) is 0 Å². The van der Waals surface area contributed by atoms with Crippen LogP contribution in [0.3, 0.4) is 0 Å². The minimum Gasteiger partial charge on any atom is -0.393 e. The molecule has 0 aliphatic rings. The van der Waals surface area contributed by atoms with Crippen molar-refractivity contribution in [2.24, 2.45) is 5.92 Å². The average molecular weight is 189 g/mol. The fourth-order valence-electron chi connectivity index (χ4n) is 1.24. The molecule has 13 heavy (non-hydrogen) atoms. The van der Waals surface area contributed by atoms with Crippen LogP contribution in [0.15, 0.2) is 0 Å². The molecule has 0 spiro atoms. The normalized spacial score (nSPS) is 18.7. The lowest BCUT2D eigenvalue weighted by atomic mass is 10.0. The standard InChI is InChI=1S/C10H23NO2/c1-8(2)5-9(3)11-6-10(4,13)7-12/h8-9,11-13H,5-7H2,1-4H3. The van der Waals surface area contributed by atoms with Crippen LogP contribution in [0.5, 0.6) is 0 Å². The fraction of sp³-hybridized carbons (Fsp3) is 1.00. The SMILES string of the molecule is CC(C)CC(C)NCC(C)(O)CO. The minimum absolute atomic E-state index is 0.200. The third-order valence-corrected chi connectivity index (χ3v) is 2.00. The molecule has 0 aromatic rings. The van der Waals surface area contributed by atoms with E-state index in [9.17, 15) is 5.11 Å². The molecule has 0 heterocycles. The molecule has 0 amide bonds. The minimum atomic E-state index is -0.995. The lowest BCUT2D eigenvalue weighted by Gasteiger charge is -2.24. The summed E-state index contributed by atoms with van der Waals surface area (Å²) < 4.78 is 0. The van der Waals surface area contributed by atoms with Gasteiger partial charge in [0.05, 0.1) is 12.2 Å². The number of hydrogen-bond donors (Lipinski definition) is 3. The second-order valence-corrected chi connectivity index (χ2v) is 4.57. The molecule has 2 atom stereocenters. The summed E-state index contributed by atoms with van der Waals surface area (Å²) in [4.78, 5) is 0. The Morgan fingerprint density at radius 2 is 1.85 bits per heavy atom. The largest absolute Gasteiger partial charge is 0.393 e. The predicted molar refractivity (Wildman–Crippen MR) is 54.6 cm³/mol. The molecule has 0 fully saturated rings. The van der Waals surface area contributed by atoms with Gasteiger partial charge in [0.2, 0.25) is 0 Å². The summed E-state index contributed by atoms with van der Waals surface area (Å²) in [6, 6.07) is 0.387. The topological polar surface area (TPSA) is 52.5 Å². The molecule has 3 N–H and O–H groups in total. The molecule has 0 saturated carbocycles. The van der Waals surface area contributed by atoms with Crippen LogP contribution in [0.25, 0.3) is 0 Å². The summed E-state index contributed by atoms with van der Waals surface area (Å²) in [5, 5.41) is 21.5. The predicted octanol–water partition coefficient (Wildman–Crippen LogP) is 0.754. The quantitative estimate of drug-likeness (QED) is 0.578. The first-order valence-electron chi connectivity index (χ1n) is 4.94. The summed E-state index contributed by atoms with van der Waals surface area (Å²) in [5.41, 5.74) is -0.995. The lowest BCUT2D eigenvalue weighted by molar-refractivity contribution is 0.000706. The molecule has 0 bridgehead atoms. The number of aliphatic hydroxyl groups excluding tert-OH is 1. The Morgan fingerprint density at radius 3 is 2.23 bits per heavy atom. The monoisotopic (exact) mass is 189 g/mol. The van der Waals surface area contributed by atoms with Gasteiger partial charge >= 0.3 is 0 Å². The van der Waals surface area contributed by atoms with E-state index in [1.807, 2.05) is 0 Å². The molecule has 0 aliphatic carbocycles. The van der Waals surface area contributed by atoms with E-state index in [1.165, 1.54) is 0 Å². The van der Waals surface area contributed by atoms with Crippen molar-refractivity contribution in [3.63, 3.8) is 0 Å². The Kier molecular flexibility index (Phi) is 5.53. The molecule has 0 saturated heterocycles. The zero-order chi connectivity index (χ0) is 10.5. The summed E-state index contributed by atoms with van der Waals surface area (Å²) in [6.07, 6.45) is 1.08. The maximum atomic E-state index is 9.49. The molecule has 0 aromatic heterocycles. The molecule has 80 valence electrons. The number of hydrogen-bond acceptors (Lipinski definition) is 3. The average Bonchev–Trinajstić information content (AvgIpc) is 2.00. The number of nitrogens with one attached hydrogen (secondary N) is 1.